The normalized spacial score (nSPS) is 18.1. The molecule has 1 atom stereocenters. The Kier molecular flexibility index (Phi) is 4.23. The molecule has 6 heteroatoms. The van der Waals surface area contributed by atoms with E-state index in [-0.39, 0.29) is 17.7 Å². The molecule has 1 unspecified atom stereocenters. The van der Waals surface area contributed by atoms with Gasteiger partial charge < -0.3 is 19.9 Å². The van der Waals surface area contributed by atoms with Crippen molar-refractivity contribution in [3.05, 3.63) is 58.1 Å². The Morgan fingerprint density at radius 3 is 2.84 bits per heavy atom. The van der Waals surface area contributed by atoms with Crippen LogP contribution in [0.3, 0.4) is 0 Å². The highest BCUT2D eigenvalue weighted by Gasteiger charge is 2.22. The lowest BCUT2D eigenvalue weighted by Crippen LogP contribution is -2.11. The summed E-state index contributed by atoms with van der Waals surface area (Å²) >= 11 is 3.49. The third kappa shape index (κ3) is 3.15. The number of aromatic amines is 1. The highest BCUT2D eigenvalue weighted by Crippen LogP contribution is 2.33. The molecule has 0 radical (unpaired) electrons. The number of aromatic hydroxyl groups is 2. The van der Waals surface area contributed by atoms with Crippen molar-refractivity contribution in [1.29, 1.82) is 0 Å². The predicted molar refractivity (Wildman–Crippen MR) is 101 cm³/mol. The molecule has 1 aromatic heterocycles. The number of fused-ring (bicyclic) bond motifs is 1. The molecule has 1 saturated heterocycles. The molecular formula is C19H17BrN2O3. The van der Waals surface area contributed by atoms with Gasteiger partial charge in [0.05, 0.1) is 23.9 Å². The van der Waals surface area contributed by atoms with Crippen LogP contribution in [-0.4, -0.2) is 40.2 Å². The monoisotopic (exact) mass is 400 g/mol. The van der Waals surface area contributed by atoms with E-state index in [9.17, 15) is 10.2 Å². The summed E-state index contributed by atoms with van der Waals surface area (Å²) in [5.74, 6) is 0.225. The highest BCUT2D eigenvalue weighted by molar-refractivity contribution is 9.10. The smallest absolute Gasteiger partial charge is 0.199 e. The van der Waals surface area contributed by atoms with Crippen molar-refractivity contribution in [3.63, 3.8) is 0 Å². The number of hydrogen-bond donors (Lipinski definition) is 3. The molecule has 2 heterocycles. The fourth-order valence-electron chi connectivity index (χ4n) is 3.13. The Labute approximate surface area is 153 Å². The van der Waals surface area contributed by atoms with Gasteiger partial charge in [-0.2, -0.15) is 0 Å². The summed E-state index contributed by atoms with van der Waals surface area (Å²) in [6.45, 7) is 1.25. The summed E-state index contributed by atoms with van der Waals surface area (Å²) in [6, 6.07) is 12.7. The largest absolute Gasteiger partial charge is 0.508 e. The first-order valence-corrected chi connectivity index (χ1v) is 8.86. The van der Waals surface area contributed by atoms with Gasteiger partial charge in [-0.05, 0) is 36.8 Å². The number of ether oxygens (including phenoxy) is 1. The van der Waals surface area contributed by atoms with Crippen LogP contribution in [0.4, 0.5) is 0 Å². The van der Waals surface area contributed by atoms with Crippen molar-refractivity contribution in [2.75, 3.05) is 13.2 Å². The zero-order valence-corrected chi connectivity index (χ0v) is 15.0. The molecular weight excluding hydrogens is 384 g/mol. The average Bonchev–Trinajstić information content (AvgIpc) is 3.20. The lowest BCUT2D eigenvalue weighted by Gasteiger charge is -2.11. The zero-order chi connectivity index (χ0) is 17.4. The summed E-state index contributed by atoms with van der Waals surface area (Å²) in [5.41, 5.74) is 2.86. The molecule has 25 heavy (non-hydrogen) atoms. The van der Waals surface area contributed by atoms with E-state index in [2.05, 4.69) is 20.9 Å². The van der Waals surface area contributed by atoms with Gasteiger partial charge in [0, 0.05) is 27.5 Å². The van der Waals surface area contributed by atoms with E-state index >= 15 is 0 Å². The third-order valence-corrected chi connectivity index (χ3v) is 4.81. The standard InChI is InChI=1S/C19H17BrN2O3/c20-12-4-5-16-15(9-12)17(19(24)22-16)18(21-13-6-7-25-10-13)11-2-1-3-14(23)8-11/h1-5,8-9,13,22-24H,6-7,10H2. The highest BCUT2D eigenvalue weighted by atomic mass is 79.9. The van der Waals surface area contributed by atoms with Gasteiger partial charge in [0.25, 0.3) is 0 Å². The molecule has 0 spiro atoms. The van der Waals surface area contributed by atoms with Crippen molar-refractivity contribution in [2.45, 2.75) is 12.5 Å². The van der Waals surface area contributed by atoms with Crippen LogP contribution in [0.2, 0.25) is 0 Å². The Hall–Kier alpha value is -2.31. The molecule has 3 aromatic rings. The maximum atomic E-state index is 10.6. The third-order valence-electron chi connectivity index (χ3n) is 4.31. The number of phenolic OH excluding ortho intramolecular Hbond substituents is 1. The quantitative estimate of drug-likeness (QED) is 0.582. The lowest BCUT2D eigenvalue weighted by molar-refractivity contribution is 0.194. The molecule has 128 valence electrons. The van der Waals surface area contributed by atoms with Gasteiger partial charge in [0.2, 0.25) is 0 Å². The predicted octanol–water partition coefficient (Wildman–Crippen LogP) is 3.97. The van der Waals surface area contributed by atoms with Crippen molar-refractivity contribution in [3.8, 4) is 11.6 Å². The number of nitrogens with zero attached hydrogens (tertiary/aromatic N) is 1. The first-order chi connectivity index (χ1) is 12.1. The van der Waals surface area contributed by atoms with Gasteiger partial charge in [-0.25, -0.2) is 0 Å². The summed E-state index contributed by atoms with van der Waals surface area (Å²) in [6.07, 6.45) is 0.842. The van der Waals surface area contributed by atoms with Gasteiger partial charge in [-0.15, -0.1) is 0 Å². The summed E-state index contributed by atoms with van der Waals surface area (Å²) in [4.78, 5) is 7.86. The molecule has 1 aliphatic heterocycles. The topological polar surface area (TPSA) is 77.8 Å². The van der Waals surface area contributed by atoms with Gasteiger partial charge in [-0.3, -0.25) is 4.99 Å². The second-order valence-electron chi connectivity index (χ2n) is 6.08. The van der Waals surface area contributed by atoms with Crippen molar-refractivity contribution in [1.82, 2.24) is 4.98 Å². The van der Waals surface area contributed by atoms with E-state index in [0.717, 1.165) is 27.4 Å². The van der Waals surface area contributed by atoms with E-state index in [1.165, 1.54) is 0 Å². The van der Waals surface area contributed by atoms with Crippen molar-refractivity contribution >= 4 is 32.5 Å². The second kappa shape index (κ2) is 6.54. The van der Waals surface area contributed by atoms with Crippen LogP contribution in [0.25, 0.3) is 10.9 Å². The number of rotatable bonds is 3. The number of nitrogens with one attached hydrogen (secondary N) is 1. The first-order valence-electron chi connectivity index (χ1n) is 8.07. The van der Waals surface area contributed by atoms with Gasteiger partial charge in [0.15, 0.2) is 5.88 Å². The minimum Gasteiger partial charge on any atom is -0.508 e. The SMILES string of the molecule is Oc1cccc(C(=NC2CCOC2)c2c(O)[nH]c3ccc(Br)cc23)c1. The minimum absolute atomic E-state index is 0.0360. The van der Waals surface area contributed by atoms with Gasteiger partial charge >= 0.3 is 0 Å². The number of aliphatic imine (C=N–C) groups is 1. The summed E-state index contributed by atoms with van der Waals surface area (Å²) in [7, 11) is 0. The van der Waals surface area contributed by atoms with Gasteiger partial charge in [-0.1, -0.05) is 28.1 Å². The number of benzene rings is 2. The minimum atomic E-state index is 0.0360. The second-order valence-corrected chi connectivity index (χ2v) is 7.00. The number of halogens is 1. The van der Waals surface area contributed by atoms with Gasteiger partial charge in [0.1, 0.15) is 5.75 Å². The lowest BCUT2D eigenvalue weighted by atomic mass is 10.00. The van der Waals surface area contributed by atoms with Crippen LogP contribution in [-0.2, 0) is 4.74 Å². The molecule has 1 fully saturated rings. The van der Waals surface area contributed by atoms with Crippen LogP contribution in [0.1, 0.15) is 17.5 Å². The maximum Gasteiger partial charge on any atom is 0.199 e. The summed E-state index contributed by atoms with van der Waals surface area (Å²) in [5, 5.41) is 21.3. The summed E-state index contributed by atoms with van der Waals surface area (Å²) < 4.78 is 6.35. The van der Waals surface area contributed by atoms with E-state index in [1.807, 2.05) is 24.3 Å². The molecule has 0 saturated carbocycles. The molecule has 3 N–H and O–H groups in total. The molecule has 0 aliphatic carbocycles. The fraction of sp³-hybridized carbons (Fsp3) is 0.211. The molecule has 5 nitrogen and oxygen atoms in total. The molecule has 2 aromatic carbocycles. The molecule has 4 rings (SSSR count). The Balaban J connectivity index is 1.95. The van der Waals surface area contributed by atoms with Crippen LogP contribution < -0.4 is 0 Å². The molecule has 1 aliphatic rings. The van der Waals surface area contributed by atoms with E-state index in [1.54, 1.807) is 18.2 Å². The fourth-order valence-corrected chi connectivity index (χ4v) is 3.49. The molecule has 0 amide bonds. The van der Waals surface area contributed by atoms with Crippen molar-refractivity contribution in [2.24, 2.45) is 4.99 Å². The van der Waals surface area contributed by atoms with Crippen LogP contribution in [0.5, 0.6) is 11.6 Å². The van der Waals surface area contributed by atoms with E-state index in [0.29, 0.717) is 24.5 Å². The number of aromatic nitrogens is 1. The Bertz CT molecular complexity index is 958. The van der Waals surface area contributed by atoms with Crippen LogP contribution >= 0.6 is 15.9 Å². The van der Waals surface area contributed by atoms with Crippen LogP contribution in [0, 0.1) is 0 Å². The van der Waals surface area contributed by atoms with E-state index in [4.69, 9.17) is 9.73 Å². The first kappa shape index (κ1) is 16.2. The Morgan fingerprint density at radius 2 is 2.08 bits per heavy atom. The maximum absolute atomic E-state index is 10.6. The number of phenols is 1. The average molecular weight is 401 g/mol. The molecule has 0 bridgehead atoms. The number of H-pyrrole nitrogens is 1. The van der Waals surface area contributed by atoms with E-state index < -0.39 is 0 Å². The number of hydrogen-bond acceptors (Lipinski definition) is 4. The van der Waals surface area contributed by atoms with Crippen LogP contribution in [0.15, 0.2) is 51.9 Å². The zero-order valence-electron chi connectivity index (χ0n) is 13.4. The van der Waals surface area contributed by atoms with Crippen molar-refractivity contribution < 1.29 is 14.9 Å². The Morgan fingerprint density at radius 1 is 1.20 bits per heavy atom.